The fourth-order valence-electron chi connectivity index (χ4n) is 1.81. The highest BCUT2D eigenvalue weighted by atomic mass is 35.5. The fraction of sp³-hybridized carbons (Fsp3) is 0.455. The molecular formula is C11H16ClFN2. The zero-order valence-electron chi connectivity index (χ0n) is 8.53. The number of halogens is 2. The van der Waals surface area contributed by atoms with Crippen LogP contribution in [0.25, 0.3) is 0 Å². The third-order valence-corrected chi connectivity index (χ3v) is 2.73. The molecule has 15 heavy (non-hydrogen) atoms. The minimum Gasteiger partial charge on any atom is -0.371 e. The lowest BCUT2D eigenvalue weighted by Crippen LogP contribution is -2.39. The molecule has 0 spiro atoms. The van der Waals surface area contributed by atoms with Gasteiger partial charge in [-0.25, -0.2) is 4.39 Å². The summed E-state index contributed by atoms with van der Waals surface area (Å²) < 4.78 is 12.7. The summed E-state index contributed by atoms with van der Waals surface area (Å²) in [5.41, 5.74) is 6.91. The Hall–Kier alpha value is -0.800. The number of benzene rings is 1. The highest BCUT2D eigenvalue weighted by Gasteiger charge is 2.15. The number of nitrogens with two attached hydrogens (primary N) is 1. The van der Waals surface area contributed by atoms with Gasteiger partial charge < -0.3 is 10.6 Å². The van der Waals surface area contributed by atoms with Gasteiger partial charge in [0.25, 0.3) is 0 Å². The second kappa shape index (κ2) is 5.33. The van der Waals surface area contributed by atoms with E-state index in [1.807, 2.05) is 12.1 Å². The Morgan fingerprint density at radius 3 is 2.20 bits per heavy atom. The van der Waals surface area contributed by atoms with Crippen LogP contribution in [0.1, 0.15) is 12.8 Å². The Labute approximate surface area is 95.7 Å². The molecule has 1 aliphatic heterocycles. The van der Waals surface area contributed by atoms with Crippen molar-refractivity contribution in [1.29, 1.82) is 0 Å². The Kier molecular flexibility index (Phi) is 4.36. The van der Waals surface area contributed by atoms with E-state index in [2.05, 4.69) is 4.90 Å². The number of nitrogens with zero attached hydrogens (tertiary/aromatic N) is 1. The molecule has 1 aromatic rings. The second-order valence-corrected chi connectivity index (χ2v) is 3.80. The van der Waals surface area contributed by atoms with Gasteiger partial charge in [-0.1, -0.05) is 0 Å². The molecule has 0 aliphatic carbocycles. The maximum absolute atomic E-state index is 12.7. The monoisotopic (exact) mass is 230 g/mol. The van der Waals surface area contributed by atoms with Crippen molar-refractivity contribution in [3.8, 4) is 0 Å². The first kappa shape index (κ1) is 12.3. The van der Waals surface area contributed by atoms with Gasteiger partial charge in [0.05, 0.1) is 0 Å². The van der Waals surface area contributed by atoms with Crippen molar-refractivity contribution in [3.05, 3.63) is 30.1 Å². The van der Waals surface area contributed by atoms with E-state index in [0.717, 1.165) is 31.6 Å². The maximum Gasteiger partial charge on any atom is 0.123 e. The van der Waals surface area contributed by atoms with E-state index in [4.69, 9.17) is 5.73 Å². The summed E-state index contributed by atoms with van der Waals surface area (Å²) in [7, 11) is 0. The number of hydrogen-bond acceptors (Lipinski definition) is 2. The van der Waals surface area contributed by atoms with Crippen molar-refractivity contribution in [2.45, 2.75) is 18.9 Å². The summed E-state index contributed by atoms with van der Waals surface area (Å²) in [6.07, 6.45) is 2.05. The molecule has 2 nitrogen and oxygen atoms in total. The average Bonchev–Trinajstić information content (AvgIpc) is 2.21. The quantitative estimate of drug-likeness (QED) is 0.801. The number of piperidine rings is 1. The van der Waals surface area contributed by atoms with E-state index in [1.165, 1.54) is 12.1 Å². The molecule has 0 saturated carbocycles. The zero-order valence-corrected chi connectivity index (χ0v) is 9.34. The van der Waals surface area contributed by atoms with Crippen LogP contribution in [0.2, 0.25) is 0 Å². The van der Waals surface area contributed by atoms with Gasteiger partial charge in [0, 0.05) is 24.8 Å². The van der Waals surface area contributed by atoms with Crippen LogP contribution >= 0.6 is 12.4 Å². The molecule has 0 bridgehead atoms. The third kappa shape index (κ3) is 3.08. The fourth-order valence-corrected chi connectivity index (χ4v) is 1.81. The summed E-state index contributed by atoms with van der Waals surface area (Å²) >= 11 is 0. The standard InChI is InChI=1S/C11H15FN2.ClH/c12-9-1-3-11(4-2-9)14-7-5-10(13)6-8-14;/h1-4,10H,5-8,13H2;1H. The smallest absolute Gasteiger partial charge is 0.123 e. The first-order valence-electron chi connectivity index (χ1n) is 5.02. The van der Waals surface area contributed by atoms with Crippen LogP contribution in [0.15, 0.2) is 24.3 Å². The van der Waals surface area contributed by atoms with Crippen molar-refractivity contribution in [2.75, 3.05) is 18.0 Å². The van der Waals surface area contributed by atoms with E-state index in [-0.39, 0.29) is 18.2 Å². The van der Waals surface area contributed by atoms with Crippen LogP contribution in [0.4, 0.5) is 10.1 Å². The first-order valence-corrected chi connectivity index (χ1v) is 5.02. The van der Waals surface area contributed by atoms with E-state index >= 15 is 0 Å². The molecule has 4 heteroatoms. The highest BCUT2D eigenvalue weighted by molar-refractivity contribution is 5.85. The molecule has 1 saturated heterocycles. The Morgan fingerprint density at radius 1 is 1.13 bits per heavy atom. The lowest BCUT2D eigenvalue weighted by atomic mass is 10.1. The summed E-state index contributed by atoms with van der Waals surface area (Å²) in [5, 5.41) is 0. The van der Waals surface area contributed by atoms with Gasteiger partial charge >= 0.3 is 0 Å². The van der Waals surface area contributed by atoms with Gasteiger partial charge in [-0.2, -0.15) is 0 Å². The lowest BCUT2D eigenvalue weighted by molar-refractivity contribution is 0.501. The van der Waals surface area contributed by atoms with Crippen molar-refractivity contribution in [1.82, 2.24) is 0 Å². The van der Waals surface area contributed by atoms with Gasteiger partial charge in [0.15, 0.2) is 0 Å². The van der Waals surface area contributed by atoms with Crippen molar-refractivity contribution in [2.24, 2.45) is 5.73 Å². The molecule has 1 aliphatic rings. The van der Waals surface area contributed by atoms with Crippen LogP contribution in [-0.4, -0.2) is 19.1 Å². The molecule has 0 amide bonds. The molecule has 2 rings (SSSR count). The van der Waals surface area contributed by atoms with E-state index < -0.39 is 0 Å². The normalized spacial score (nSPS) is 17.3. The third-order valence-electron chi connectivity index (χ3n) is 2.73. The Bertz CT molecular complexity index is 294. The summed E-state index contributed by atoms with van der Waals surface area (Å²) in [6.45, 7) is 1.96. The van der Waals surface area contributed by atoms with Crippen LogP contribution in [0.5, 0.6) is 0 Å². The van der Waals surface area contributed by atoms with Gasteiger partial charge in [-0.15, -0.1) is 12.4 Å². The van der Waals surface area contributed by atoms with Crippen molar-refractivity contribution >= 4 is 18.1 Å². The predicted octanol–water partition coefficient (Wildman–Crippen LogP) is 2.17. The molecule has 0 atom stereocenters. The lowest BCUT2D eigenvalue weighted by Gasteiger charge is -2.31. The molecule has 84 valence electrons. The zero-order chi connectivity index (χ0) is 9.97. The predicted molar refractivity (Wildman–Crippen MR) is 63.1 cm³/mol. The van der Waals surface area contributed by atoms with E-state index in [9.17, 15) is 4.39 Å². The van der Waals surface area contributed by atoms with Gasteiger partial charge in [0.1, 0.15) is 5.82 Å². The van der Waals surface area contributed by atoms with Crippen molar-refractivity contribution < 1.29 is 4.39 Å². The molecule has 0 unspecified atom stereocenters. The number of hydrogen-bond donors (Lipinski definition) is 1. The van der Waals surface area contributed by atoms with Crippen LogP contribution in [-0.2, 0) is 0 Å². The molecule has 0 radical (unpaired) electrons. The molecule has 1 heterocycles. The molecular weight excluding hydrogens is 215 g/mol. The van der Waals surface area contributed by atoms with Gasteiger partial charge in [0.2, 0.25) is 0 Å². The van der Waals surface area contributed by atoms with Gasteiger partial charge in [-0.3, -0.25) is 0 Å². The minimum absolute atomic E-state index is 0. The summed E-state index contributed by atoms with van der Waals surface area (Å²) in [4.78, 5) is 2.25. The van der Waals surface area contributed by atoms with Crippen molar-refractivity contribution in [3.63, 3.8) is 0 Å². The Balaban J connectivity index is 0.00000112. The van der Waals surface area contributed by atoms with Crippen LogP contribution < -0.4 is 10.6 Å². The highest BCUT2D eigenvalue weighted by Crippen LogP contribution is 2.19. The minimum atomic E-state index is -0.178. The summed E-state index contributed by atoms with van der Waals surface area (Å²) in [5.74, 6) is -0.178. The molecule has 1 fully saturated rings. The first-order chi connectivity index (χ1) is 6.75. The Morgan fingerprint density at radius 2 is 1.67 bits per heavy atom. The van der Waals surface area contributed by atoms with Crippen LogP contribution in [0.3, 0.4) is 0 Å². The molecule has 1 aromatic carbocycles. The SMILES string of the molecule is Cl.NC1CCN(c2ccc(F)cc2)CC1. The maximum atomic E-state index is 12.7. The number of anilines is 1. The van der Waals surface area contributed by atoms with Crippen LogP contribution in [0, 0.1) is 5.82 Å². The van der Waals surface area contributed by atoms with Gasteiger partial charge in [-0.05, 0) is 37.1 Å². The van der Waals surface area contributed by atoms with E-state index in [1.54, 1.807) is 0 Å². The topological polar surface area (TPSA) is 29.3 Å². The number of rotatable bonds is 1. The molecule has 0 aromatic heterocycles. The summed E-state index contributed by atoms with van der Waals surface area (Å²) in [6, 6.07) is 7.00. The largest absolute Gasteiger partial charge is 0.371 e. The molecule has 2 N–H and O–H groups in total. The average molecular weight is 231 g/mol. The second-order valence-electron chi connectivity index (χ2n) is 3.80. The van der Waals surface area contributed by atoms with E-state index in [0.29, 0.717) is 6.04 Å².